The number of hydrogen-bond acceptors (Lipinski definition) is 4. The zero-order valence-electron chi connectivity index (χ0n) is 10.0. The predicted molar refractivity (Wildman–Crippen MR) is 70.1 cm³/mol. The van der Waals surface area contributed by atoms with Gasteiger partial charge < -0.3 is 11.1 Å². The van der Waals surface area contributed by atoms with E-state index < -0.39 is 5.91 Å². The van der Waals surface area contributed by atoms with Crippen LogP contribution in [0.1, 0.15) is 42.6 Å². The number of aromatic nitrogens is 1. The van der Waals surface area contributed by atoms with Gasteiger partial charge in [0.1, 0.15) is 5.69 Å². The number of primary amides is 1. The van der Waals surface area contributed by atoms with Gasteiger partial charge in [0.2, 0.25) is 5.91 Å². The largest absolute Gasteiger partial charge is 0.364 e. The summed E-state index contributed by atoms with van der Waals surface area (Å²) in [6.45, 7) is 0. The Bertz CT molecular complexity index is 438. The number of nitrogens with one attached hydrogen (secondary N) is 1. The molecule has 0 aromatic carbocycles. The SMILES string of the molecule is NC(=O)c1csc(NC(=O)[CH]C2CCCCC2)n1. The van der Waals surface area contributed by atoms with E-state index in [1.54, 1.807) is 11.8 Å². The molecule has 1 aliphatic carbocycles. The molecule has 2 amide bonds. The fraction of sp³-hybridized carbons (Fsp3) is 0.500. The molecule has 5 nitrogen and oxygen atoms in total. The van der Waals surface area contributed by atoms with Gasteiger partial charge in [0.05, 0.1) is 6.42 Å². The minimum absolute atomic E-state index is 0.146. The summed E-state index contributed by atoms with van der Waals surface area (Å²) >= 11 is 1.20. The second-order valence-electron chi connectivity index (χ2n) is 4.46. The number of hydrogen-bond donors (Lipinski definition) is 2. The van der Waals surface area contributed by atoms with E-state index >= 15 is 0 Å². The lowest BCUT2D eigenvalue weighted by atomic mass is 9.87. The maximum absolute atomic E-state index is 11.7. The van der Waals surface area contributed by atoms with Crippen molar-refractivity contribution in [2.24, 2.45) is 11.7 Å². The molecule has 1 aromatic rings. The lowest BCUT2D eigenvalue weighted by Crippen LogP contribution is -2.19. The molecule has 3 N–H and O–H groups in total. The quantitative estimate of drug-likeness (QED) is 0.873. The van der Waals surface area contributed by atoms with Crippen LogP contribution in [0.3, 0.4) is 0 Å². The van der Waals surface area contributed by atoms with Crippen LogP contribution in [0.25, 0.3) is 0 Å². The highest BCUT2D eigenvalue weighted by Crippen LogP contribution is 2.26. The van der Waals surface area contributed by atoms with E-state index in [0.717, 1.165) is 12.8 Å². The third-order valence-corrected chi connectivity index (χ3v) is 3.78. The fourth-order valence-electron chi connectivity index (χ4n) is 2.11. The maximum Gasteiger partial charge on any atom is 0.268 e. The molecule has 6 heteroatoms. The molecule has 18 heavy (non-hydrogen) atoms. The molecule has 2 rings (SSSR count). The van der Waals surface area contributed by atoms with E-state index in [2.05, 4.69) is 10.3 Å². The summed E-state index contributed by atoms with van der Waals surface area (Å²) in [6.07, 6.45) is 7.54. The number of rotatable bonds is 4. The Kier molecular flexibility index (Phi) is 4.30. The summed E-state index contributed by atoms with van der Waals surface area (Å²) in [4.78, 5) is 26.5. The third kappa shape index (κ3) is 3.53. The van der Waals surface area contributed by atoms with Crippen molar-refractivity contribution in [1.82, 2.24) is 4.98 Å². The van der Waals surface area contributed by atoms with Crippen LogP contribution in [0.15, 0.2) is 5.38 Å². The Morgan fingerprint density at radius 3 is 2.72 bits per heavy atom. The van der Waals surface area contributed by atoms with Crippen molar-refractivity contribution in [3.05, 3.63) is 17.5 Å². The molecule has 1 aromatic heterocycles. The highest BCUT2D eigenvalue weighted by atomic mass is 32.1. The normalized spacial score (nSPS) is 16.4. The first-order chi connectivity index (χ1) is 8.65. The molecular formula is C12H16N3O2S. The van der Waals surface area contributed by atoms with Crippen LogP contribution in [-0.2, 0) is 4.79 Å². The zero-order valence-corrected chi connectivity index (χ0v) is 10.8. The van der Waals surface area contributed by atoms with Crippen LogP contribution < -0.4 is 11.1 Å². The van der Waals surface area contributed by atoms with Crippen molar-refractivity contribution in [1.29, 1.82) is 0 Å². The Morgan fingerprint density at radius 2 is 2.11 bits per heavy atom. The van der Waals surface area contributed by atoms with Gasteiger partial charge in [-0.05, 0) is 18.8 Å². The molecule has 1 radical (unpaired) electrons. The fourth-order valence-corrected chi connectivity index (χ4v) is 2.81. The van der Waals surface area contributed by atoms with Gasteiger partial charge in [-0.3, -0.25) is 9.59 Å². The highest BCUT2D eigenvalue weighted by Gasteiger charge is 2.18. The number of carbonyl (C=O) groups is 2. The van der Waals surface area contributed by atoms with E-state index in [9.17, 15) is 9.59 Å². The standard InChI is InChI=1S/C12H16N3O2S/c13-11(17)9-7-18-12(14-9)15-10(16)6-8-4-2-1-3-5-8/h6-8H,1-5H2,(H2,13,17)(H,14,15,16). The molecule has 1 aliphatic rings. The van der Waals surface area contributed by atoms with Gasteiger partial charge in [0, 0.05) is 5.38 Å². The topological polar surface area (TPSA) is 85.1 Å². The minimum atomic E-state index is -0.581. The average molecular weight is 266 g/mol. The van der Waals surface area contributed by atoms with Gasteiger partial charge in [-0.25, -0.2) is 4.98 Å². The first-order valence-corrected chi connectivity index (χ1v) is 6.94. The number of thiazole rings is 1. The molecule has 97 valence electrons. The van der Waals surface area contributed by atoms with E-state index in [0.29, 0.717) is 11.0 Å². The number of nitrogens with two attached hydrogens (primary N) is 1. The van der Waals surface area contributed by atoms with Gasteiger partial charge in [-0.15, -0.1) is 11.3 Å². The molecule has 1 heterocycles. The van der Waals surface area contributed by atoms with E-state index in [1.165, 1.54) is 30.6 Å². The van der Waals surface area contributed by atoms with Gasteiger partial charge in [0.25, 0.3) is 5.91 Å². The number of nitrogens with zero attached hydrogens (tertiary/aromatic N) is 1. The molecule has 1 fully saturated rings. The number of anilines is 1. The summed E-state index contributed by atoms with van der Waals surface area (Å²) in [5.41, 5.74) is 5.28. The van der Waals surface area contributed by atoms with Crippen LogP contribution in [0.5, 0.6) is 0 Å². The Labute approximate surface area is 110 Å². The summed E-state index contributed by atoms with van der Waals surface area (Å²) < 4.78 is 0. The van der Waals surface area contributed by atoms with Crippen LogP contribution in [0.2, 0.25) is 0 Å². The van der Waals surface area contributed by atoms with Crippen LogP contribution in [-0.4, -0.2) is 16.8 Å². The molecule has 0 spiro atoms. The first kappa shape index (κ1) is 13.0. The smallest absolute Gasteiger partial charge is 0.268 e. The maximum atomic E-state index is 11.7. The van der Waals surface area contributed by atoms with Crippen molar-refractivity contribution in [2.75, 3.05) is 5.32 Å². The van der Waals surface area contributed by atoms with E-state index in [1.807, 2.05) is 0 Å². The minimum Gasteiger partial charge on any atom is -0.364 e. The van der Waals surface area contributed by atoms with Crippen molar-refractivity contribution in [3.8, 4) is 0 Å². The van der Waals surface area contributed by atoms with Gasteiger partial charge in [-0.2, -0.15) is 0 Å². The predicted octanol–water partition coefficient (Wildman–Crippen LogP) is 1.97. The molecule has 1 saturated carbocycles. The Balaban J connectivity index is 1.84. The Morgan fingerprint density at radius 1 is 1.39 bits per heavy atom. The van der Waals surface area contributed by atoms with Crippen molar-refractivity contribution < 1.29 is 9.59 Å². The first-order valence-electron chi connectivity index (χ1n) is 6.06. The summed E-state index contributed by atoms with van der Waals surface area (Å²) in [7, 11) is 0. The van der Waals surface area contributed by atoms with Crippen molar-refractivity contribution in [3.63, 3.8) is 0 Å². The summed E-state index contributed by atoms with van der Waals surface area (Å²) in [6, 6.07) is 0. The number of amides is 2. The third-order valence-electron chi connectivity index (χ3n) is 3.02. The monoisotopic (exact) mass is 266 g/mol. The summed E-state index contributed by atoms with van der Waals surface area (Å²) in [5.74, 6) is -0.357. The highest BCUT2D eigenvalue weighted by molar-refractivity contribution is 7.14. The van der Waals surface area contributed by atoms with Gasteiger partial charge in [-0.1, -0.05) is 19.3 Å². The lowest BCUT2D eigenvalue weighted by Gasteiger charge is -2.20. The van der Waals surface area contributed by atoms with Crippen molar-refractivity contribution >= 4 is 28.3 Å². The van der Waals surface area contributed by atoms with Crippen LogP contribution in [0.4, 0.5) is 5.13 Å². The molecule has 0 atom stereocenters. The van der Waals surface area contributed by atoms with Gasteiger partial charge >= 0.3 is 0 Å². The Hall–Kier alpha value is -1.43. The van der Waals surface area contributed by atoms with E-state index in [-0.39, 0.29) is 11.6 Å². The number of carbonyl (C=O) groups excluding carboxylic acids is 2. The molecule has 0 unspecified atom stereocenters. The van der Waals surface area contributed by atoms with Crippen LogP contribution >= 0.6 is 11.3 Å². The average Bonchev–Trinajstić information content (AvgIpc) is 2.78. The van der Waals surface area contributed by atoms with Crippen molar-refractivity contribution in [2.45, 2.75) is 32.1 Å². The molecule has 0 saturated heterocycles. The molecule has 0 bridgehead atoms. The lowest BCUT2D eigenvalue weighted by molar-refractivity contribution is -0.113. The van der Waals surface area contributed by atoms with E-state index in [4.69, 9.17) is 5.73 Å². The van der Waals surface area contributed by atoms with Gasteiger partial charge in [0.15, 0.2) is 5.13 Å². The van der Waals surface area contributed by atoms with Crippen LogP contribution in [0, 0.1) is 12.3 Å². The second kappa shape index (κ2) is 5.95. The molecule has 0 aliphatic heterocycles. The zero-order chi connectivity index (χ0) is 13.0. The summed E-state index contributed by atoms with van der Waals surface area (Å²) in [5, 5.41) is 4.63. The molecular weight excluding hydrogens is 250 g/mol. The second-order valence-corrected chi connectivity index (χ2v) is 5.31.